The molecule has 0 N–H and O–H groups in total. The molecule has 0 bridgehead atoms. The van der Waals surface area contributed by atoms with Gasteiger partial charge in [0.2, 0.25) is 0 Å². The molecule has 1 aromatic rings. The largest absolute Gasteiger partial charge is 0.435 e. The molecule has 1 unspecified atom stereocenters. The van der Waals surface area contributed by atoms with E-state index < -0.39 is 11.4 Å². The maximum Gasteiger partial charge on any atom is 0.387 e. The highest BCUT2D eigenvalue weighted by Crippen LogP contribution is 2.25. The lowest BCUT2D eigenvalue weighted by Crippen LogP contribution is -2.03. The molecular weight excluding hydrogens is 270 g/mol. The molecule has 0 aliphatic heterocycles. The molecule has 1 rings (SSSR count). The minimum atomic E-state index is -2.83. The van der Waals surface area contributed by atoms with E-state index >= 15 is 0 Å². The fourth-order valence-corrected chi connectivity index (χ4v) is 1.36. The molecule has 0 saturated heterocycles. The highest BCUT2D eigenvalue weighted by atomic mass is 79.9. The van der Waals surface area contributed by atoms with Crippen molar-refractivity contribution < 1.29 is 18.3 Å². The molecule has 0 amide bonds. The lowest BCUT2D eigenvalue weighted by molar-refractivity contribution is -0.116. The average molecular weight is 279 g/mol. The van der Waals surface area contributed by atoms with E-state index in [0.717, 1.165) is 0 Å². The van der Waals surface area contributed by atoms with Gasteiger partial charge < -0.3 is 4.74 Å². The van der Waals surface area contributed by atoms with Gasteiger partial charge in [0.1, 0.15) is 11.5 Å². The van der Waals surface area contributed by atoms with E-state index in [1.54, 1.807) is 12.1 Å². The van der Waals surface area contributed by atoms with Crippen molar-refractivity contribution in [2.45, 2.75) is 18.4 Å². The average Bonchev–Trinajstić information content (AvgIpc) is 2.17. The van der Waals surface area contributed by atoms with Crippen LogP contribution in [0.4, 0.5) is 8.78 Å². The third kappa shape index (κ3) is 3.58. The topological polar surface area (TPSA) is 26.3 Å². The van der Waals surface area contributed by atoms with E-state index in [-0.39, 0.29) is 11.5 Å². The summed E-state index contributed by atoms with van der Waals surface area (Å²) in [6, 6.07) is 5.94. The summed E-state index contributed by atoms with van der Waals surface area (Å²) >= 11 is 3.19. The summed E-state index contributed by atoms with van der Waals surface area (Å²) < 4.78 is 27.8. The third-order valence-electron chi connectivity index (χ3n) is 1.75. The Morgan fingerprint density at radius 2 is 1.87 bits per heavy atom. The van der Waals surface area contributed by atoms with Gasteiger partial charge in [-0.1, -0.05) is 28.1 Å². The number of benzene rings is 1. The molecule has 2 nitrogen and oxygen atoms in total. The van der Waals surface area contributed by atoms with Crippen LogP contribution in [0.1, 0.15) is 17.3 Å². The summed E-state index contributed by atoms with van der Waals surface area (Å²) in [6.07, 6.45) is 0. The van der Waals surface area contributed by atoms with Crippen molar-refractivity contribution in [1.29, 1.82) is 0 Å². The summed E-state index contributed by atoms with van der Waals surface area (Å²) in [5, 5.41) is 0. The molecule has 0 aliphatic carbocycles. The van der Waals surface area contributed by atoms with E-state index in [0.29, 0.717) is 5.56 Å². The number of Topliss-reactive ketones (excluding diaryl/α,β-unsaturated/α-hetero) is 1. The highest BCUT2D eigenvalue weighted by molar-refractivity contribution is 9.09. The number of alkyl halides is 3. The molecule has 0 saturated carbocycles. The van der Waals surface area contributed by atoms with Crippen LogP contribution in [0.3, 0.4) is 0 Å². The fraction of sp³-hybridized carbons (Fsp3) is 0.300. The molecule has 0 heterocycles. The van der Waals surface area contributed by atoms with Crippen LogP contribution in [0, 0.1) is 0 Å². The summed E-state index contributed by atoms with van der Waals surface area (Å²) in [6.45, 7) is -1.38. The summed E-state index contributed by atoms with van der Waals surface area (Å²) in [5.41, 5.74) is 0.712. The second kappa shape index (κ2) is 5.21. The van der Waals surface area contributed by atoms with Crippen molar-refractivity contribution >= 4 is 21.7 Å². The van der Waals surface area contributed by atoms with Crippen LogP contribution >= 0.6 is 15.9 Å². The quantitative estimate of drug-likeness (QED) is 0.790. The van der Waals surface area contributed by atoms with Gasteiger partial charge in [-0.05, 0) is 24.6 Å². The van der Waals surface area contributed by atoms with Gasteiger partial charge in [0.05, 0.1) is 4.83 Å². The van der Waals surface area contributed by atoms with Crippen molar-refractivity contribution in [1.82, 2.24) is 0 Å². The number of carbonyl (C=O) groups excluding carboxylic acids is 1. The Kier molecular flexibility index (Phi) is 4.20. The monoisotopic (exact) mass is 278 g/mol. The zero-order chi connectivity index (χ0) is 11.4. The lowest BCUT2D eigenvalue weighted by atomic mass is 10.1. The first-order valence-electron chi connectivity index (χ1n) is 4.20. The minimum Gasteiger partial charge on any atom is -0.435 e. The van der Waals surface area contributed by atoms with Crippen LogP contribution in [-0.2, 0) is 4.79 Å². The van der Waals surface area contributed by atoms with Crippen molar-refractivity contribution in [3.8, 4) is 5.75 Å². The van der Waals surface area contributed by atoms with Crippen molar-refractivity contribution in [2.75, 3.05) is 0 Å². The standard InChI is InChI=1S/C10H9BrF2O2/c1-6(14)9(11)7-2-4-8(5-3-7)15-10(12)13/h2-5,9-10H,1H3. The summed E-state index contributed by atoms with van der Waals surface area (Å²) in [4.78, 5) is 10.6. The summed E-state index contributed by atoms with van der Waals surface area (Å²) in [5.74, 6) is 0.0366. The number of hydrogen-bond acceptors (Lipinski definition) is 2. The number of hydrogen-bond donors (Lipinski definition) is 0. The van der Waals surface area contributed by atoms with Crippen molar-refractivity contribution in [2.24, 2.45) is 0 Å². The molecule has 15 heavy (non-hydrogen) atoms. The normalized spacial score (nSPS) is 12.6. The van der Waals surface area contributed by atoms with Crippen LogP contribution in [0.5, 0.6) is 5.75 Å². The third-order valence-corrected chi connectivity index (χ3v) is 2.93. The first-order chi connectivity index (χ1) is 7.00. The molecule has 0 spiro atoms. The summed E-state index contributed by atoms with van der Waals surface area (Å²) in [7, 11) is 0. The molecule has 0 aromatic heterocycles. The first kappa shape index (κ1) is 12.1. The highest BCUT2D eigenvalue weighted by Gasteiger charge is 2.12. The SMILES string of the molecule is CC(=O)C(Br)c1ccc(OC(F)F)cc1. The van der Waals surface area contributed by atoms with Crippen LogP contribution in [0.15, 0.2) is 24.3 Å². The number of halogens is 3. The van der Waals surface area contributed by atoms with E-state index in [4.69, 9.17) is 0 Å². The van der Waals surface area contributed by atoms with Crippen LogP contribution in [-0.4, -0.2) is 12.4 Å². The molecule has 0 aliphatic rings. The van der Waals surface area contributed by atoms with Gasteiger partial charge in [-0.2, -0.15) is 8.78 Å². The molecule has 0 fully saturated rings. The van der Waals surface area contributed by atoms with Crippen LogP contribution in [0.2, 0.25) is 0 Å². The number of ketones is 1. The Morgan fingerprint density at radius 1 is 1.33 bits per heavy atom. The van der Waals surface area contributed by atoms with Crippen LogP contribution < -0.4 is 4.74 Å². The smallest absolute Gasteiger partial charge is 0.387 e. The second-order valence-corrected chi connectivity index (χ2v) is 3.84. The maximum absolute atomic E-state index is 11.8. The van der Waals surface area contributed by atoms with Gasteiger partial charge in [-0.25, -0.2) is 0 Å². The van der Waals surface area contributed by atoms with E-state index in [1.807, 2.05) is 0 Å². The zero-order valence-corrected chi connectivity index (χ0v) is 9.50. The van der Waals surface area contributed by atoms with Crippen molar-refractivity contribution in [3.63, 3.8) is 0 Å². The van der Waals surface area contributed by atoms with E-state index in [9.17, 15) is 13.6 Å². The molecule has 5 heteroatoms. The van der Waals surface area contributed by atoms with Gasteiger partial charge in [-0.3, -0.25) is 4.79 Å². The molecule has 82 valence electrons. The zero-order valence-electron chi connectivity index (χ0n) is 7.91. The number of rotatable bonds is 4. The molecule has 1 aromatic carbocycles. The van der Waals surface area contributed by atoms with Gasteiger partial charge in [0, 0.05) is 0 Å². The van der Waals surface area contributed by atoms with Crippen LogP contribution in [0.25, 0.3) is 0 Å². The lowest BCUT2D eigenvalue weighted by Gasteiger charge is -2.08. The van der Waals surface area contributed by atoms with Gasteiger partial charge in [0.15, 0.2) is 0 Å². The first-order valence-corrected chi connectivity index (χ1v) is 5.11. The van der Waals surface area contributed by atoms with Gasteiger partial charge >= 0.3 is 6.61 Å². The minimum absolute atomic E-state index is 0.0440. The molecule has 0 radical (unpaired) electrons. The Morgan fingerprint density at radius 3 is 2.27 bits per heavy atom. The Hall–Kier alpha value is -0.970. The van der Waals surface area contributed by atoms with Gasteiger partial charge in [-0.15, -0.1) is 0 Å². The Labute approximate surface area is 94.4 Å². The maximum atomic E-state index is 11.8. The van der Waals surface area contributed by atoms with E-state index in [2.05, 4.69) is 20.7 Å². The molecular formula is C10H9BrF2O2. The Bertz CT molecular complexity index is 338. The number of ether oxygens (including phenoxy) is 1. The van der Waals surface area contributed by atoms with E-state index in [1.165, 1.54) is 19.1 Å². The predicted molar refractivity (Wildman–Crippen MR) is 55.4 cm³/mol. The Balaban J connectivity index is 2.76. The van der Waals surface area contributed by atoms with Crippen molar-refractivity contribution in [3.05, 3.63) is 29.8 Å². The van der Waals surface area contributed by atoms with Gasteiger partial charge in [0.25, 0.3) is 0 Å². The fourth-order valence-electron chi connectivity index (χ4n) is 1.05. The molecule has 1 atom stereocenters. The second-order valence-electron chi connectivity index (χ2n) is 2.92. The number of carbonyl (C=O) groups is 1. The predicted octanol–water partition coefficient (Wildman–Crippen LogP) is 3.31.